The van der Waals surface area contributed by atoms with Crippen molar-refractivity contribution in [3.8, 4) is 11.5 Å². The molecule has 0 unspecified atom stereocenters. The SMILES string of the molecule is Cc1ccn(Cc2ccc3c(c2)OCO3)c(=O)c1C(=O)NCCc1cscn1. The molecule has 1 aliphatic rings. The molecule has 0 bridgehead atoms. The van der Waals surface area contributed by atoms with E-state index in [0.717, 1.165) is 11.3 Å². The molecule has 8 heteroatoms. The summed E-state index contributed by atoms with van der Waals surface area (Å²) in [5, 5.41) is 4.76. The van der Waals surface area contributed by atoms with Crippen molar-refractivity contribution in [1.82, 2.24) is 14.9 Å². The standard InChI is InChI=1S/C20H19N3O4S/c1-13-5-7-23(9-14-2-3-16-17(8-14)27-12-26-16)20(25)18(13)19(24)21-6-4-15-10-28-11-22-15/h2-3,5,7-8,10-11H,4,6,9,12H2,1H3,(H,21,24). The highest BCUT2D eigenvalue weighted by atomic mass is 32.1. The van der Waals surface area contributed by atoms with Crippen LogP contribution in [0.3, 0.4) is 0 Å². The number of thiazole rings is 1. The van der Waals surface area contributed by atoms with Crippen molar-refractivity contribution in [2.75, 3.05) is 13.3 Å². The van der Waals surface area contributed by atoms with Crippen LogP contribution in [0.2, 0.25) is 0 Å². The van der Waals surface area contributed by atoms with E-state index in [9.17, 15) is 9.59 Å². The van der Waals surface area contributed by atoms with Crippen LogP contribution in [-0.2, 0) is 13.0 Å². The van der Waals surface area contributed by atoms with Crippen LogP contribution in [0, 0.1) is 6.92 Å². The number of rotatable bonds is 6. The summed E-state index contributed by atoms with van der Waals surface area (Å²) in [6.45, 7) is 2.74. The van der Waals surface area contributed by atoms with E-state index in [1.807, 2.05) is 23.6 Å². The Bertz CT molecular complexity index is 1060. The minimum absolute atomic E-state index is 0.168. The predicted molar refractivity (Wildman–Crippen MR) is 105 cm³/mol. The van der Waals surface area contributed by atoms with Crippen LogP contribution < -0.4 is 20.3 Å². The fourth-order valence-corrected chi connectivity index (χ4v) is 3.65. The lowest BCUT2D eigenvalue weighted by molar-refractivity contribution is 0.0951. The summed E-state index contributed by atoms with van der Waals surface area (Å²) in [5.74, 6) is 0.996. The maximum absolute atomic E-state index is 12.9. The lowest BCUT2D eigenvalue weighted by Crippen LogP contribution is -2.35. The van der Waals surface area contributed by atoms with Gasteiger partial charge in [0.15, 0.2) is 11.5 Å². The van der Waals surface area contributed by atoms with Gasteiger partial charge < -0.3 is 19.4 Å². The highest BCUT2D eigenvalue weighted by molar-refractivity contribution is 7.07. The highest BCUT2D eigenvalue weighted by Crippen LogP contribution is 2.32. The topological polar surface area (TPSA) is 82.5 Å². The molecular weight excluding hydrogens is 378 g/mol. The third kappa shape index (κ3) is 3.77. The lowest BCUT2D eigenvalue weighted by Gasteiger charge is -2.11. The predicted octanol–water partition coefficient (Wildman–Crippen LogP) is 2.36. The summed E-state index contributed by atoms with van der Waals surface area (Å²) in [7, 11) is 0. The molecule has 1 aromatic carbocycles. The lowest BCUT2D eigenvalue weighted by atomic mass is 10.1. The number of nitrogens with one attached hydrogen (secondary N) is 1. The number of hydrogen-bond acceptors (Lipinski definition) is 6. The second kappa shape index (κ2) is 7.85. The number of pyridine rings is 1. The molecule has 0 saturated heterocycles. The Morgan fingerprint density at radius 1 is 1.29 bits per heavy atom. The fraction of sp³-hybridized carbons (Fsp3) is 0.250. The van der Waals surface area contributed by atoms with E-state index in [0.29, 0.717) is 36.6 Å². The number of fused-ring (bicyclic) bond motifs is 1. The van der Waals surface area contributed by atoms with Crippen molar-refractivity contribution in [1.29, 1.82) is 0 Å². The van der Waals surface area contributed by atoms with E-state index in [1.165, 1.54) is 15.9 Å². The van der Waals surface area contributed by atoms with E-state index >= 15 is 0 Å². The van der Waals surface area contributed by atoms with Crippen LogP contribution in [0.1, 0.15) is 27.2 Å². The molecule has 2 aromatic heterocycles. The van der Waals surface area contributed by atoms with Gasteiger partial charge in [0.05, 0.1) is 17.7 Å². The highest BCUT2D eigenvalue weighted by Gasteiger charge is 2.17. The first kappa shape index (κ1) is 18.2. The molecule has 144 valence electrons. The Labute approximate surface area is 165 Å². The zero-order chi connectivity index (χ0) is 19.5. The molecular formula is C20H19N3O4S. The number of benzene rings is 1. The van der Waals surface area contributed by atoms with Gasteiger partial charge in [0.25, 0.3) is 11.5 Å². The fourth-order valence-electron chi connectivity index (χ4n) is 3.06. The van der Waals surface area contributed by atoms with Gasteiger partial charge in [0.2, 0.25) is 6.79 Å². The molecule has 3 aromatic rings. The molecule has 0 aliphatic carbocycles. The van der Waals surface area contributed by atoms with Crippen molar-refractivity contribution in [3.05, 3.63) is 74.1 Å². The molecule has 0 saturated carbocycles. The van der Waals surface area contributed by atoms with Gasteiger partial charge in [-0.2, -0.15) is 0 Å². The van der Waals surface area contributed by atoms with Gasteiger partial charge >= 0.3 is 0 Å². The summed E-state index contributed by atoms with van der Waals surface area (Å²) in [6.07, 6.45) is 2.33. The Balaban J connectivity index is 1.50. The molecule has 1 amide bonds. The number of aromatic nitrogens is 2. The zero-order valence-corrected chi connectivity index (χ0v) is 16.1. The van der Waals surface area contributed by atoms with E-state index in [4.69, 9.17) is 9.47 Å². The number of carbonyl (C=O) groups is 1. The molecule has 1 aliphatic heterocycles. The Kier molecular flexibility index (Phi) is 5.12. The van der Waals surface area contributed by atoms with Crippen LogP contribution in [0.15, 0.2) is 46.1 Å². The second-order valence-electron chi connectivity index (χ2n) is 6.48. The maximum Gasteiger partial charge on any atom is 0.263 e. The van der Waals surface area contributed by atoms with Crippen LogP contribution in [-0.4, -0.2) is 28.8 Å². The third-order valence-corrected chi connectivity index (χ3v) is 5.18. The van der Waals surface area contributed by atoms with Gasteiger partial charge in [-0.3, -0.25) is 9.59 Å². The molecule has 0 radical (unpaired) electrons. The molecule has 3 heterocycles. The average molecular weight is 397 g/mol. The van der Waals surface area contributed by atoms with Crippen LogP contribution in [0.4, 0.5) is 0 Å². The number of carbonyl (C=O) groups excluding carboxylic acids is 1. The molecule has 28 heavy (non-hydrogen) atoms. The van der Waals surface area contributed by atoms with E-state index < -0.39 is 0 Å². The monoisotopic (exact) mass is 397 g/mol. The number of nitrogens with zero attached hydrogens (tertiary/aromatic N) is 2. The van der Waals surface area contributed by atoms with Gasteiger partial charge in [-0.1, -0.05) is 6.07 Å². The van der Waals surface area contributed by atoms with E-state index in [1.54, 1.807) is 24.7 Å². The quantitative estimate of drug-likeness (QED) is 0.691. The van der Waals surface area contributed by atoms with Crippen molar-refractivity contribution in [3.63, 3.8) is 0 Å². The second-order valence-corrected chi connectivity index (χ2v) is 7.20. The van der Waals surface area contributed by atoms with Crippen LogP contribution >= 0.6 is 11.3 Å². The molecule has 1 N–H and O–H groups in total. The van der Waals surface area contributed by atoms with Gasteiger partial charge in [-0.05, 0) is 36.2 Å². The summed E-state index contributed by atoms with van der Waals surface area (Å²) in [6, 6.07) is 7.34. The number of aryl methyl sites for hydroxylation is 1. The Morgan fingerprint density at radius 2 is 2.14 bits per heavy atom. The number of ether oxygens (including phenoxy) is 2. The van der Waals surface area contributed by atoms with E-state index in [-0.39, 0.29) is 23.8 Å². The first-order chi connectivity index (χ1) is 13.6. The molecule has 0 spiro atoms. The summed E-state index contributed by atoms with van der Waals surface area (Å²) < 4.78 is 12.2. The van der Waals surface area contributed by atoms with Crippen molar-refractivity contribution in [2.45, 2.75) is 19.9 Å². The first-order valence-corrected chi connectivity index (χ1v) is 9.80. The number of amides is 1. The van der Waals surface area contributed by atoms with Crippen molar-refractivity contribution in [2.24, 2.45) is 0 Å². The Morgan fingerprint density at radius 3 is 2.96 bits per heavy atom. The maximum atomic E-state index is 12.9. The van der Waals surface area contributed by atoms with Crippen molar-refractivity contribution < 1.29 is 14.3 Å². The first-order valence-electron chi connectivity index (χ1n) is 8.85. The van der Waals surface area contributed by atoms with Crippen LogP contribution in [0.5, 0.6) is 11.5 Å². The van der Waals surface area contributed by atoms with Gasteiger partial charge in [0, 0.05) is 24.5 Å². The van der Waals surface area contributed by atoms with Gasteiger partial charge in [-0.15, -0.1) is 11.3 Å². The largest absolute Gasteiger partial charge is 0.454 e. The molecule has 7 nitrogen and oxygen atoms in total. The third-order valence-electron chi connectivity index (χ3n) is 4.54. The smallest absolute Gasteiger partial charge is 0.263 e. The summed E-state index contributed by atoms with van der Waals surface area (Å²) in [5.41, 5.74) is 4.08. The van der Waals surface area contributed by atoms with Crippen LogP contribution in [0.25, 0.3) is 0 Å². The molecule has 0 fully saturated rings. The van der Waals surface area contributed by atoms with E-state index in [2.05, 4.69) is 10.3 Å². The zero-order valence-electron chi connectivity index (χ0n) is 15.3. The summed E-state index contributed by atoms with van der Waals surface area (Å²) >= 11 is 1.52. The summed E-state index contributed by atoms with van der Waals surface area (Å²) in [4.78, 5) is 29.7. The normalized spacial score (nSPS) is 12.2. The van der Waals surface area contributed by atoms with Crippen molar-refractivity contribution >= 4 is 17.2 Å². The molecule has 4 rings (SSSR count). The van der Waals surface area contributed by atoms with Gasteiger partial charge in [0.1, 0.15) is 5.56 Å². The molecule has 0 atom stereocenters. The van der Waals surface area contributed by atoms with Gasteiger partial charge in [-0.25, -0.2) is 4.98 Å². The minimum Gasteiger partial charge on any atom is -0.454 e. The number of hydrogen-bond donors (Lipinski definition) is 1. The minimum atomic E-state index is -0.363. The average Bonchev–Trinajstić information content (AvgIpc) is 3.35. The Hall–Kier alpha value is -3.13.